The van der Waals surface area contributed by atoms with Crippen LogP contribution in [0.15, 0.2) is 0 Å². The summed E-state index contributed by atoms with van der Waals surface area (Å²) in [6.45, 7) is 13.8. The number of hydrogen-bond donors (Lipinski definition) is 1. The highest BCUT2D eigenvalue weighted by Gasteiger charge is 2.53. The Balaban J connectivity index is 1.86. The molecular weight excluding hydrogens is 186 g/mol. The van der Waals surface area contributed by atoms with Crippen molar-refractivity contribution in [2.45, 2.75) is 53.2 Å². The Morgan fingerprint density at radius 1 is 1.20 bits per heavy atom. The smallest absolute Gasteiger partial charge is 0.0621 e. The van der Waals surface area contributed by atoms with E-state index < -0.39 is 0 Å². The molecule has 2 atom stereocenters. The molecule has 1 N–H and O–H groups in total. The lowest BCUT2D eigenvalue weighted by Crippen LogP contribution is -2.67. The van der Waals surface area contributed by atoms with Crippen LogP contribution in [0.3, 0.4) is 0 Å². The molecule has 1 aliphatic carbocycles. The Hall–Kier alpha value is -0.0800. The summed E-state index contributed by atoms with van der Waals surface area (Å²) in [5, 5.41) is 9.71. The molecule has 2 aliphatic rings. The van der Waals surface area contributed by atoms with Crippen molar-refractivity contribution >= 4 is 0 Å². The minimum atomic E-state index is -0.0869. The number of nitrogens with zero attached hydrogens (tertiary/aromatic N) is 1. The lowest BCUT2D eigenvalue weighted by atomic mass is 9.62. The Kier molecular flexibility index (Phi) is 2.44. The number of rotatable bonds is 1. The van der Waals surface area contributed by atoms with Crippen LogP contribution in [0.4, 0.5) is 0 Å². The van der Waals surface area contributed by atoms with Crippen molar-refractivity contribution in [3.05, 3.63) is 0 Å². The van der Waals surface area contributed by atoms with E-state index in [1.54, 1.807) is 0 Å². The zero-order valence-corrected chi connectivity index (χ0v) is 10.7. The van der Waals surface area contributed by atoms with E-state index in [2.05, 4.69) is 39.5 Å². The van der Waals surface area contributed by atoms with Crippen LogP contribution in [-0.4, -0.2) is 35.2 Å². The van der Waals surface area contributed by atoms with Crippen LogP contribution in [0.1, 0.15) is 41.0 Å². The summed E-state index contributed by atoms with van der Waals surface area (Å²) >= 11 is 0. The summed E-state index contributed by atoms with van der Waals surface area (Å²) in [6, 6.07) is 0.617. The Bertz CT molecular complexity index is 248. The van der Waals surface area contributed by atoms with Gasteiger partial charge >= 0.3 is 0 Å². The number of hydrogen-bond acceptors (Lipinski definition) is 2. The summed E-state index contributed by atoms with van der Waals surface area (Å²) < 4.78 is 0. The predicted octanol–water partition coefficient (Wildman–Crippen LogP) is 2.12. The summed E-state index contributed by atoms with van der Waals surface area (Å²) in [6.07, 6.45) is 0.889. The minimum Gasteiger partial charge on any atom is -0.392 e. The molecule has 2 fully saturated rings. The van der Waals surface area contributed by atoms with Crippen molar-refractivity contribution in [1.82, 2.24) is 4.90 Å². The van der Waals surface area contributed by atoms with E-state index in [0.29, 0.717) is 11.5 Å². The molecule has 0 aromatic heterocycles. The molecule has 15 heavy (non-hydrogen) atoms. The second kappa shape index (κ2) is 3.21. The maximum atomic E-state index is 9.71. The first-order valence-electron chi connectivity index (χ1n) is 6.15. The molecule has 1 saturated heterocycles. The third-order valence-corrected chi connectivity index (χ3v) is 4.74. The van der Waals surface area contributed by atoms with Crippen LogP contribution in [0.25, 0.3) is 0 Å². The van der Waals surface area contributed by atoms with Crippen molar-refractivity contribution < 1.29 is 5.11 Å². The van der Waals surface area contributed by atoms with E-state index >= 15 is 0 Å². The molecule has 0 spiro atoms. The van der Waals surface area contributed by atoms with Crippen LogP contribution in [0, 0.1) is 16.7 Å². The molecule has 1 saturated carbocycles. The van der Waals surface area contributed by atoms with Gasteiger partial charge in [0.25, 0.3) is 0 Å². The highest BCUT2D eigenvalue weighted by molar-refractivity contribution is 5.06. The topological polar surface area (TPSA) is 23.5 Å². The van der Waals surface area contributed by atoms with E-state index in [-0.39, 0.29) is 11.5 Å². The number of likely N-dealkylation sites (tertiary alicyclic amines) is 1. The van der Waals surface area contributed by atoms with E-state index in [1.807, 2.05) is 0 Å². The van der Waals surface area contributed by atoms with Crippen molar-refractivity contribution in [3.63, 3.8) is 0 Å². The largest absolute Gasteiger partial charge is 0.392 e. The van der Waals surface area contributed by atoms with E-state index in [1.165, 1.54) is 13.1 Å². The van der Waals surface area contributed by atoms with Gasteiger partial charge in [0.1, 0.15) is 0 Å². The van der Waals surface area contributed by atoms with E-state index in [9.17, 15) is 5.11 Å². The molecule has 2 nitrogen and oxygen atoms in total. The fourth-order valence-electron chi connectivity index (χ4n) is 2.82. The summed E-state index contributed by atoms with van der Waals surface area (Å²) in [5.74, 6) is 0.839. The second-order valence-corrected chi connectivity index (χ2v) is 7.11. The first-order chi connectivity index (χ1) is 6.73. The Morgan fingerprint density at radius 3 is 2.07 bits per heavy atom. The lowest BCUT2D eigenvalue weighted by Gasteiger charge is -2.60. The predicted molar refractivity (Wildman–Crippen MR) is 62.7 cm³/mol. The van der Waals surface area contributed by atoms with Gasteiger partial charge in [-0.3, -0.25) is 4.90 Å². The fraction of sp³-hybridized carbons (Fsp3) is 1.00. The average molecular weight is 211 g/mol. The van der Waals surface area contributed by atoms with Crippen LogP contribution < -0.4 is 0 Å². The molecule has 0 radical (unpaired) electrons. The van der Waals surface area contributed by atoms with Gasteiger partial charge < -0.3 is 5.11 Å². The molecule has 0 bridgehead atoms. The Labute approximate surface area is 93.7 Å². The molecule has 2 rings (SSSR count). The van der Waals surface area contributed by atoms with Gasteiger partial charge in [-0.05, 0) is 17.8 Å². The van der Waals surface area contributed by atoms with Crippen LogP contribution in [0.2, 0.25) is 0 Å². The zero-order valence-electron chi connectivity index (χ0n) is 10.7. The molecule has 0 aromatic carbocycles. The third kappa shape index (κ3) is 1.72. The highest BCUT2D eigenvalue weighted by Crippen LogP contribution is 2.47. The van der Waals surface area contributed by atoms with Gasteiger partial charge in [-0.1, -0.05) is 34.6 Å². The van der Waals surface area contributed by atoms with Gasteiger partial charge in [0.05, 0.1) is 6.10 Å². The molecule has 0 amide bonds. The first kappa shape index (κ1) is 11.4. The van der Waals surface area contributed by atoms with Crippen molar-refractivity contribution in [2.24, 2.45) is 16.7 Å². The highest BCUT2D eigenvalue weighted by atomic mass is 16.3. The molecule has 2 unspecified atom stereocenters. The third-order valence-electron chi connectivity index (χ3n) is 4.74. The SMILES string of the molecule is CC(C)(C)C1CN(C2CC(O)C2(C)C)C1. The Morgan fingerprint density at radius 2 is 1.73 bits per heavy atom. The van der Waals surface area contributed by atoms with E-state index in [4.69, 9.17) is 0 Å². The summed E-state index contributed by atoms with van der Waals surface area (Å²) in [4.78, 5) is 2.56. The van der Waals surface area contributed by atoms with Crippen LogP contribution in [0.5, 0.6) is 0 Å². The molecule has 1 heterocycles. The van der Waals surface area contributed by atoms with Crippen molar-refractivity contribution in [1.29, 1.82) is 0 Å². The molecule has 0 aromatic rings. The molecular formula is C13H25NO. The maximum absolute atomic E-state index is 9.71. The maximum Gasteiger partial charge on any atom is 0.0621 e. The molecule has 2 heteroatoms. The monoisotopic (exact) mass is 211 g/mol. The molecule has 1 aliphatic heterocycles. The van der Waals surface area contributed by atoms with E-state index in [0.717, 1.165) is 12.3 Å². The minimum absolute atomic E-state index is 0.0869. The summed E-state index contributed by atoms with van der Waals surface area (Å²) in [5.41, 5.74) is 0.561. The normalized spacial score (nSPS) is 37.2. The second-order valence-electron chi connectivity index (χ2n) is 7.11. The van der Waals surface area contributed by atoms with Crippen LogP contribution >= 0.6 is 0 Å². The van der Waals surface area contributed by atoms with Gasteiger partial charge in [-0.2, -0.15) is 0 Å². The molecule has 88 valence electrons. The van der Waals surface area contributed by atoms with Gasteiger partial charge in [0, 0.05) is 24.5 Å². The lowest BCUT2D eigenvalue weighted by molar-refractivity contribution is -0.157. The summed E-state index contributed by atoms with van der Waals surface area (Å²) in [7, 11) is 0. The van der Waals surface area contributed by atoms with Crippen molar-refractivity contribution in [3.8, 4) is 0 Å². The average Bonchev–Trinajstić information content (AvgIpc) is 1.98. The van der Waals surface area contributed by atoms with Gasteiger partial charge in [0.2, 0.25) is 0 Å². The first-order valence-corrected chi connectivity index (χ1v) is 6.15. The standard InChI is InChI=1S/C13H25NO/c1-12(2,3)9-7-14(8-9)10-6-11(15)13(10,4)5/h9-11,15H,6-8H2,1-5H3. The number of aliphatic hydroxyl groups is 1. The van der Waals surface area contributed by atoms with Crippen molar-refractivity contribution in [2.75, 3.05) is 13.1 Å². The van der Waals surface area contributed by atoms with Gasteiger partial charge in [-0.25, -0.2) is 0 Å². The zero-order chi connectivity index (χ0) is 11.4. The quantitative estimate of drug-likeness (QED) is 0.718. The number of aliphatic hydroxyl groups excluding tert-OH is 1. The van der Waals surface area contributed by atoms with Crippen LogP contribution in [-0.2, 0) is 0 Å². The van der Waals surface area contributed by atoms with Gasteiger partial charge in [0.15, 0.2) is 0 Å². The van der Waals surface area contributed by atoms with Gasteiger partial charge in [-0.15, -0.1) is 0 Å². The fourth-order valence-corrected chi connectivity index (χ4v) is 2.82.